The van der Waals surface area contributed by atoms with Crippen LogP contribution in [0.1, 0.15) is 37.2 Å². The Morgan fingerprint density at radius 2 is 2.00 bits per heavy atom. The summed E-state index contributed by atoms with van der Waals surface area (Å²) in [6, 6.07) is 10.4. The second-order valence-electron chi connectivity index (χ2n) is 5.75. The molecule has 1 aromatic carbocycles. The van der Waals surface area contributed by atoms with Crippen molar-refractivity contribution in [2.24, 2.45) is 0 Å². The fourth-order valence-corrected chi connectivity index (χ4v) is 4.13. The monoisotopic (exact) mass is 228 g/mol. The van der Waals surface area contributed by atoms with Gasteiger partial charge in [0.1, 0.15) is 0 Å². The first-order chi connectivity index (χ1) is 8.43. The molecule has 2 heteroatoms. The van der Waals surface area contributed by atoms with Crippen LogP contribution in [0.3, 0.4) is 0 Å². The molecular weight excluding hydrogens is 208 g/mol. The van der Waals surface area contributed by atoms with Crippen LogP contribution in [0.5, 0.6) is 0 Å². The van der Waals surface area contributed by atoms with E-state index in [0.717, 1.165) is 12.0 Å². The molecule has 3 heterocycles. The SMILES string of the molecule is c1ccc2c(c1)N[C@H]1[C@@H]2CCN2CCCC[C@@H]12. The van der Waals surface area contributed by atoms with E-state index in [2.05, 4.69) is 34.5 Å². The van der Waals surface area contributed by atoms with E-state index in [0.29, 0.717) is 6.04 Å². The van der Waals surface area contributed by atoms with Gasteiger partial charge in [-0.25, -0.2) is 0 Å². The van der Waals surface area contributed by atoms with Gasteiger partial charge < -0.3 is 5.32 Å². The predicted molar refractivity (Wildman–Crippen MR) is 70.4 cm³/mol. The number of fused-ring (bicyclic) bond motifs is 5. The summed E-state index contributed by atoms with van der Waals surface area (Å²) in [5.74, 6) is 0.769. The first-order valence-corrected chi connectivity index (χ1v) is 7.03. The van der Waals surface area contributed by atoms with Crippen LogP contribution in [0.15, 0.2) is 24.3 Å². The van der Waals surface area contributed by atoms with Gasteiger partial charge in [-0.05, 0) is 44.0 Å². The summed E-state index contributed by atoms with van der Waals surface area (Å²) in [6.45, 7) is 2.63. The number of anilines is 1. The highest BCUT2D eigenvalue weighted by atomic mass is 15.2. The Morgan fingerprint density at radius 3 is 3.00 bits per heavy atom. The normalized spacial score (nSPS) is 35.6. The minimum Gasteiger partial charge on any atom is -0.380 e. The maximum absolute atomic E-state index is 3.79. The summed E-state index contributed by atoms with van der Waals surface area (Å²) < 4.78 is 0. The van der Waals surface area contributed by atoms with Gasteiger partial charge >= 0.3 is 0 Å². The summed E-state index contributed by atoms with van der Waals surface area (Å²) >= 11 is 0. The van der Waals surface area contributed by atoms with E-state index in [1.807, 2.05) is 0 Å². The van der Waals surface area contributed by atoms with Gasteiger partial charge in [-0.2, -0.15) is 0 Å². The Kier molecular flexibility index (Phi) is 2.19. The molecular formula is C15H20N2. The molecule has 3 atom stereocenters. The number of rotatable bonds is 0. The van der Waals surface area contributed by atoms with Gasteiger partial charge in [0.2, 0.25) is 0 Å². The number of hydrogen-bond donors (Lipinski definition) is 1. The molecule has 2 fully saturated rings. The van der Waals surface area contributed by atoms with E-state index < -0.39 is 0 Å². The zero-order chi connectivity index (χ0) is 11.2. The molecule has 17 heavy (non-hydrogen) atoms. The first-order valence-electron chi connectivity index (χ1n) is 7.03. The number of nitrogens with zero attached hydrogens (tertiary/aromatic N) is 1. The highest BCUT2D eigenvalue weighted by Gasteiger charge is 2.43. The molecule has 3 aliphatic rings. The third-order valence-corrected chi connectivity index (χ3v) is 4.92. The average Bonchev–Trinajstić information content (AvgIpc) is 2.78. The van der Waals surface area contributed by atoms with Gasteiger partial charge in [-0.15, -0.1) is 0 Å². The fourth-order valence-electron chi connectivity index (χ4n) is 4.13. The molecule has 0 unspecified atom stereocenters. The molecule has 2 nitrogen and oxygen atoms in total. The zero-order valence-electron chi connectivity index (χ0n) is 10.2. The standard InChI is InChI=1S/C15H20N2/c1-2-6-13-11(5-1)12-8-10-17-9-4-3-7-14(17)15(12)16-13/h1-2,5-6,12,14-16H,3-4,7-10H2/t12-,14+,15+/m1/s1. The van der Waals surface area contributed by atoms with Crippen molar-refractivity contribution >= 4 is 5.69 Å². The Labute approximate surface area is 103 Å². The van der Waals surface area contributed by atoms with Gasteiger partial charge in [-0.3, -0.25) is 4.90 Å². The van der Waals surface area contributed by atoms with Crippen molar-refractivity contribution in [3.05, 3.63) is 29.8 Å². The van der Waals surface area contributed by atoms with Crippen molar-refractivity contribution in [3.63, 3.8) is 0 Å². The molecule has 90 valence electrons. The maximum Gasteiger partial charge on any atom is 0.0486 e. The fraction of sp³-hybridized carbons (Fsp3) is 0.600. The minimum absolute atomic E-state index is 0.682. The van der Waals surface area contributed by atoms with Gasteiger partial charge in [0.15, 0.2) is 0 Å². The molecule has 0 aliphatic carbocycles. The topological polar surface area (TPSA) is 15.3 Å². The lowest BCUT2D eigenvalue weighted by molar-refractivity contribution is 0.0895. The third kappa shape index (κ3) is 1.43. The van der Waals surface area contributed by atoms with E-state index in [9.17, 15) is 0 Å². The molecule has 0 aromatic heterocycles. The van der Waals surface area contributed by atoms with E-state index in [-0.39, 0.29) is 0 Å². The van der Waals surface area contributed by atoms with Crippen LogP contribution in [-0.2, 0) is 0 Å². The molecule has 0 saturated carbocycles. The van der Waals surface area contributed by atoms with Gasteiger partial charge in [0.25, 0.3) is 0 Å². The van der Waals surface area contributed by atoms with Crippen LogP contribution >= 0.6 is 0 Å². The van der Waals surface area contributed by atoms with E-state index in [1.165, 1.54) is 44.5 Å². The number of hydrogen-bond acceptors (Lipinski definition) is 2. The summed E-state index contributed by atoms with van der Waals surface area (Å²) in [6.07, 6.45) is 5.55. The zero-order valence-corrected chi connectivity index (χ0v) is 10.2. The van der Waals surface area contributed by atoms with Crippen molar-refractivity contribution < 1.29 is 0 Å². The van der Waals surface area contributed by atoms with Gasteiger partial charge in [0, 0.05) is 23.7 Å². The summed E-state index contributed by atoms with van der Waals surface area (Å²) in [5, 5.41) is 3.79. The van der Waals surface area contributed by atoms with Crippen LogP contribution in [-0.4, -0.2) is 30.1 Å². The lowest BCUT2D eigenvalue weighted by Gasteiger charge is -2.45. The van der Waals surface area contributed by atoms with Gasteiger partial charge in [0.05, 0.1) is 0 Å². The summed E-state index contributed by atoms with van der Waals surface area (Å²) in [4.78, 5) is 2.73. The average molecular weight is 228 g/mol. The number of nitrogens with one attached hydrogen (secondary N) is 1. The predicted octanol–water partition coefficient (Wildman–Crippen LogP) is 2.82. The molecule has 0 spiro atoms. The largest absolute Gasteiger partial charge is 0.380 e. The Morgan fingerprint density at radius 1 is 1.06 bits per heavy atom. The second kappa shape index (κ2) is 3.74. The first kappa shape index (κ1) is 9.95. The molecule has 1 N–H and O–H groups in total. The lowest BCUT2D eigenvalue weighted by Crippen LogP contribution is -2.54. The Balaban J connectivity index is 1.68. The quantitative estimate of drug-likeness (QED) is 0.734. The number of piperidine rings is 2. The molecule has 4 rings (SSSR count). The van der Waals surface area contributed by atoms with Crippen LogP contribution in [0, 0.1) is 0 Å². The minimum atomic E-state index is 0.682. The third-order valence-electron chi connectivity index (χ3n) is 4.92. The van der Waals surface area contributed by atoms with Crippen molar-refractivity contribution in [3.8, 4) is 0 Å². The highest BCUT2D eigenvalue weighted by Crippen LogP contribution is 2.44. The summed E-state index contributed by atoms with van der Waals surface area (Å²) in [7, 11) is 0. The second-order valence-corrected chi connectivity index (χ2v) is 5.75. The van der Waals surface area contributed by atoms with Crippen LogP contribution < -0.4 is 5.32 Å². The molecule has 3 aliphatic heterocycles. The number of benzene rings is 1. The molecule has 0 bridgehead atoms. The molecule has 2 saturated heterocycles. The Hall–Kier alpha value is -1.02. The maximum atomic E-state index is 3.79. The van der Waals surface area contributed by atoms with E-state index in [4.69, 9.17) is 0 Å². The van der Waals surface area contributed by atoms with Crippen LogP contribution in [0.25, 0.3) is 0 Å². The van der Waals surface area contributed by atoms with Crippen LogP contribution in [0.4, 0.5) is 5.69 Å². The van der Waals surface area contributed by atoms with E-state index >= 15 is 0 Å². The Bertz CT molecular complexity index is 429. The van der Waals surface area contributed by atoms with Crippen molar-refractivity contribution in [2.75, 3.05) is 18.4 Å². The number of para-hydroxylation sites is 1. The summed E-state index contributed by atoms with van der Waals surface area (Å²) in [5.41, 5.74) is 2.97. The lowest BCUT2D eigenvalue weighted by atomic mass is 9.80. The molecule has 0 amide bonds. The van der Waals surface area contributed by atoms with Crippen molar-refractivity contribution in [2.45, 2.75) is 43.7 Å². The highest BCUT2D eigenvalue weighted by molar-refractivity contribution is 5.60. The molecule has 0 radical (unpaired) electrons. The van der Waals surface area contributed by atoms with E-state index in [1.54, 1.807) is 5.56 Å². The van der Waals surface area contributed by atoms with Gasteiger partial charge in [-0.1, -0.05) is 24.6 Å². The van der Waals surface area contributed by atoms with Crippen LogP contribution in [0.2, 0.25) is 0 Å². The van der Waals surface area contributed by atoms with Crippen molar-refractivity contribution in [1.29, 1.82) is 0 Å². The smallest absolute Gasteiger partial charge is 0.0486 e. The van der Waals surface area contributed by atoms with Crippen molar-refractivity contribution in [1.82, 2.24) is 4.90 Å². The molecule has 1 aromatic rings.